The number of thioether (sulfide) groups is 1. The summed E-state index contributed by atoms with van der Waals surface area (Å²) in [4.78, 5) is 19.6. The smallest absolute Gasteiger partial charge is 0.244 e. The van der Waals surface area contributed by atoms with E-state index in [1.165, 1.54) is 17.2 Å². The third-order valence-corrected chi connectivity index (χ3v) is 5.95. The molecule has 0 saturated carbocycles. The van der Waals surface area contributed by atoms with Crippen LogP contribution in [-0.2, 0) is 11.3 Å². The quantitative estimate of drug-likeness (QED) is 0.747. The van der Waals surface area contributed by atoms with Crippen LogP contribution in [0.2, 0.25) is 0 Å². The summed E-state index contributed by atoms with van der Waals surface area (Å²) in [7, 11) is 0. The van der Waals surface area contributed by atoms with Crippen molar-refractivity contribution in [1.82, 2.24) is 9.55 Å². The number of anilines is 2. The fraction of sp³-hybridized carbons (Fsp3) is 0.333. The molecular weight excluding hydrogens is 356 g/mol. The highest BCUT2D eigenvalue weighted by Gasteiger charge is 2.14. The minimum Gasteiger partial charge on any atom is -0.370 e. The topological polar surface area (TPSA) is 50.2 Å². The molecule has 0 bridgehead atoms. The van der Waals surface area contributed by atoms with Crippen molar-refractivity contribution in [3.63, 3.8) is 0 Å². The number of aryl methyl sites for hydroxylation is 2. The molecule has 0 aliphatic carbocycles. The Morgan fingerprint density at radius 2 is 1.93 bits per heavy atom. The highest BCUT2D eigenvalue weighted by Crippen LogP contribution is 2.25. The first-order valence-electron chi connectivity index (χ1n) is 9.27. The van der Waals surface area contributed by atoms with Gasteiger partial charge < -0.3 is 14.8 Å². The first kappa shape index (κ1) is 17.9. The molecule has 0 atom stereocenters. The van der Waals surface area contributed by atoms with Gasteiger partial charge in [0.15, 0.2) is 0 Å². The zero-order valence-corrected chi connectivity index (χ0v) is 16.6. The van der Waals surface area contributed by atoms with Gasteiger partial charge in [0, 0.05) is 36.0 Å². The maximum atomic E-state index is 12.6. The van der Waals surface area contributed by atoms with E-state index in [0.29, 0.717) is 0 Å². The van der Waals surface area contributed by atoms with E-state index >= 15 is 0 Å². The van der Waals surface area contributed by atoms with Gasteiger partial charge in [-0.3, -0.25) is 4.79 Å². The van der Waals surface area contributed by atoms with Gasteiger partial charge in [0.1, 0.15) is 12.4 Å². The van der Waals surface area contributed by atoms with Gasteiger partial charge in [-0.25, -0.2) is 4.98 Å². The van der Waals surface area contributed by atoms with Crippen molar-refractivity contribution >= 4 is 40.1 Å². The lowest BCUT2D eigenvalue weighted by atomic mass is 10.1. The van der Waals surface area contributed by atoms with E-state index in [4.69, 9.17) is 0 Å². The summed E-state index contributed by atoms with van der Waals surface area (Å²) in [6, 6.07) is 14.2. The number of benzene rings is 2. The Labute approximate surface area is 163 Å². The van der Waals surface area contributed by atoms with E-state index in [9.17, 15) is 4.79 Å². The molecule has 3 aromatic rings. The number of nitrogens with zero attached hydrogens (tertiary/aromatic N) is 3. The lowest BCUT2D eigenvalue weighted by molar-refractivity contribution is -0.116. The monoisotopic (exact) mass is 380 g/mol. The van der Waals surface area contributed by atoms with Crippen LogP contribution in [0, 0.1) is 13.8 Å². The second kappa shape index (κ2) is 7.64. The number of para-hydroxylation sites is 2. The first-order valence-corrected chi connectivity index (χ1v) is 10.4. The molecule has 1 aliphatic rings. The van der Waals surface area contributed by atoms with Gasteiger partial charge in [0.05, 0.1) is 11.0 Å². The van der Waals surface area contributed by atoms with Gasteiger partial charge in [0.2, 0.25) is 5.91 Å². The fourth-order valence-corrected chi connectivity index (χ4v) is 4.44. The van der Waals surface area contributed by atoms with Crippen LogP contribution in [0.3, 0.4) is 0 Å². The zero-order valence-electron chi connectivity index (χ0n) is 15.7. The first-order chi connectivity index (χ1) is 13.1. The lowest BCUT2D eigenvalue weighted by Gasteiger charge is -2.29. The third kappa shape index (κ3) is 3.81. The molecule has 1 fully saturated rings. The van der Waals surface area contributed by atoms with Crippen molar-refractivity contribution in [3.05, 3.63) is 53.9 Å². The maximum absolute atomic E-state index is 12.6. The predicted molar refractivity (Wildman–Crippen MR) is 114 cm³/mol. The van der Waals surface area contributed by atoms with Crippen molar-refractivity contribution in [1.29, 1.82) is 0 Å². The van der Waals surface area contributed by atoms with Crippen molar-refractivity contribution in [2.45, 2.75) is 20.4 Å². The Kier molecular flexibility index (Phi) is 5.07. The number of fused-ring (bicyclic) bond motifs is 1. The number of hydrogen-bond acceptors (Lipinski definition) is 4. The zero-order chi connectivity index (χ0) is 18.8. The average Bonchev–Trinajstić information content (AvgIpc) is 2.99. The lowest BCUT2D eigenvalue weighted by Crippen LogP contribution is -2.32. The summed E-state index contributed by atoms with van der Waals surface area (Å²) in [5.41, 5.74) is 5.11. The Bertz CT molecular complexity index is 975. The van der Waals surface area contributed by atoms with E-state index < -0.39 is 0 Å². The number of carbonyl (C=O) groups is 1. The molecule has 1 aromatic heterocycles. The molecule has 2 aromatic carbocycles. The van der Waals surface area contributed by atoms with Crippen LogP contribution in [-0.4, -0.2) is 40.1 Å². The highest BCUT2D eigenvalue weighted by atomic mass is 32.2. The summed E-state index contributed by atoms with van der Waals surface area (Å²) >= 11 is 2.01. The van der Waals surface area contributed by atoms with Gasteiger partial charge in [-0.1, -0.05) is 12.1 Å². The normalized spacial score (nSPS) is 14.5. The molecule has 140 valence electrons. The number of nitrogens with one attached hydrogen (secondary N) is 1. The fourth-order valence-electron chi connectivity index (χ4n) is 3.54. The SMILES string of the molecule is Cc1cc(N2CCSCC2)ccc1NC(=O)Cn1c(C)nc2ccccc21. The number of hydrogen-bond donors (Lipinski definition) is 1. The number of imidazole rings is 1. The molecule has 6 heteroatoms. The Balaban J connectivity index is 1.48. The summed E-state index contributed by atoms with van der Waals surface area (Å²) in [6.45, 7) is 6.42. The molecule has 2 heterocycles. The van der Waals surface area contributed by atoms with Gasteiger partial charge >= 0.3 is 0 Å². The van der Waals surface area contributed by atoms with Gasteiger partial charge in [-0.15, -0.1) is 0 Å². The predicted octanol–water partition coefficient (Wildman–Crippen LogP) is 3.85. The van der Waals surface area contributed by atoms with Crippen molar-refractivity contribution in [2.75, 3.05) is 34.8 Å². The molecule has 0 radical (unpaired) electrons. The van der Waals surface area contributed by atoms with Gasteiger partial charge in [0.25, 0.3) is 0 Å². The molecule has 5 nitrogen and oxygen atoms in total. The molecule has 1 aliphatic heterocycles. The second-order valence-electron chi connectivity index (χ2n) is 6.88. The van der Waals surface area contributed by atoms with E-state index in [-0.39, 0.29) is 12.5 Å². The summed E-state index contributed by atoms with van der Waals surface area (Å²) in [5.74, 6) is 3.17. The number of amides is 1. The largest absolute Gasteiger partial charge is 0.370 e. The summed E-state index contributed by atoms with van der Waals surface area (Å²) in [6.07, 6.45) is 0. The molecule has 1 amide bonds. The van der Waals surface area contributed by atoms with Crippen LogP contribution < -0.4 is 10.2 Å². The van der Waals surface area contributed by atoms with E-state index in [1.807, 2.05) is 53.6 Å². The van der Waals surface area contributed by atoms with Gasteiger partial charge in [-0.05, 0) is 49.7 Å². The summed E-state index contributed by atoms with van der Waals surface area (Å²) in [5, 5.41) is 3.06. The molecule has 27 heavy (non-hydrogen) atoms. The molecule has 0 spiro atoms. The molecular formula is C21H24N4OS. The van der Waals surface area contributed by atoms with Crippen molar-refractivity contribution < 1.29 is 4.79 Å². The van der Waals surface area contributed by atoms with Gasteiger partial charge in [-0.2, -0.15) is 11.8 Å². The van der Waals surface area contributed by atoms with Crippen LogP contribution >= 0.6 is 11.8 Å². The number of aromatic nitrogens is 2. The minimum absolute atomic E-state index is 0.0357. The standard InChI is InChI=1S/C21H24N4OS/c1-15-13-17(24-9-11-27-12-10-24)7-8-18(15)23-21(26)14-25-16(2)22-19-5-3-4-6-20(19)25/h3-8,13H,9-12,14H2,1-2H3,(H,23,26). The molecule has 0 unspecified atom stereocenters. The highest BCUT2D eigenvalue weighted by molar-refractivity contribution is 7.99. The maximum Gasteiger partial charge on any atom is 0.244 e. The number of carbonyl (C=O) groups excluding carboxylic acids is 1. The van der Waals surface area contributed by atoms with E-state index in [2.05, 4.69) is 34.3 Å². The Morgan fingerprint density at radius 1 is 1.15 bits per heavy atom. The van der Waals surface area contributed by atoms with Crippen molar-refractivity contribution in [2.24, 2.45) is 0 Å². The van der Waals surface area contributed by atoms with Crippen LogP contribution in [0.15, 0.2) is 42.5 Å². The minimum atomic E-state index is -0.0357. The second-order valence-corrected chi connectivity index (χ2v) is 8.11. The molecule has 1 saturated heterocycles. The van der Waals surface area contributed by atoms with Crippen LogP contribution in [0.5, 0.6) is 0 Å². The average molecular weight is 381 g/mol. The Morgan fingerprint density at radius 3 is 2.70 bits per heavy atom. The van der Waals surface area contributed by atoms with Crippen LogP contribution in [0.25, 0.3) is 11.0 Å². The van der Waals surface area contributed by atoms with Crippen LogP contribution in [0.4, 0.5) is 11.4 Å². The molecule has 1 N–H and O–H groups in total. The van der Waals surface area contributed by atoms with E-state index in [1.54, 1.807) is 0 Å². The Hall–Kier alpha value is -2.47. The third-order valence-electron chi connectivity index (χ3n) is 5.01. The number of rotatable bonds is 4. The summed E-state index contributed by atoms with van der Waals surface area (Å²) < 4.78 is 1.96. The van der Waals surface area contributed by atoms with Crippen LogP contribution in [0.1, 0.15) is 11.4 Å². The molecule has 4 rings (SSSR count). The van der Waals surface area contributed by atoms with E-state index in [0.717, 1.165) is 41.2 Å². The van der Waals surface area contributed by atoms with Crippen molar-refractivity contribution in [3.8, 4) is 0 Å².